The van der Waals surface area contributed by atoms with Gasteiger partial charge in [-0.05, 0) is 23.4 Å². The Labute approximate surface area is 69.6 Å². The molecule has 0 radical (unpaired) electrons. The predicted molar refractivity (Wildman–Crippen MR) is 44.9 cm³/mol. The summed E-state index contributed by atoms with van der Waals surface area (Å²) in [6.07, 6.45) is 0.958. The molecular formula is C7H9ClOS. The number of hydrogen-bond acceptors (Lipinski definition) is 2. The zero-order valence-corrected chi connectivity index (χ0v) is 7.34. The summed E-state index contributed by atoms with van der Waals surface area (Å²) in [6.45, 7) is 0.771. The van der Waals surface area contributed by atoms with Crippen molar-refractivity contribution in [3.05, 3.63) is 21.3 Å². The van der Waals surface area contributed by atoms with Crippen molar-refractivity contribution in [3.8, 4) is 0 Å². The van der Waals surface area contributed by atoms with Crippen molar-refractivity contribution < 1.29 is 4.74 Å². The lowest BCUT2D eigenvalue weighted by Gasteiger charge is -1.93. The number of rotatable bonds is 3. The molecule has 0 unspecified atom stereocenters. The van der Waals surface area contributed by atoms with Gasteiger partial charge in [0.25, 0.3) is 0 Å². The quantitative estimate of drug-likeness (QED) is 0.688. The molecule has 0 saturated carbocycles. The summed E-state index contributed by atoms with van der Waals surface area (Å²) < 4.78 is 5.77. The van der Waals surface area contributed by atoms with Crippen LogP contribution in [0.25, 0.3) is 0 Å². The van der Waals surface area contributed by atoms with Gasteiger partial charge in [0.05, 0.1) is 10.9 Å². The Morgan fingerprint density at radius 1 is 1.70 bits per heavy atom. The van der Waals surface area contributed by atoms with Gasteiger partial charge >= 0.3 is 0 Å². The van der Waals surface area contributed by atoms with Crippen LogP contribution in [0.3, 0.4) is 0 Å². The van der Waals surface area contributed by atoms with Crippen LogP contribution >= 0.6 is 22.9 Å². The molecule has 0 aliphatic carbocycles. The number of thiophene rings is 1. The average Bonchev–Trinajstić information content (AvgIpc) is 2.31. The zero-order valence-electron chi connectivity index (χ0n) is 5.76. The van der Waals surface area contributed by atoms with Crippen molar-refractivity contribution in [2.24, 2.45) is 0 Å². The molecule has 0 spiro atoms. The Morgan fingerprint density at radius 3 is 3.00 bits per heavy atom. The van der Waals surface area contributed by atoms with Gasteiger partial charge in [0.2, 0.25) is 0 Å². The van der Waals surface area contributed by atoms with E-state index in [-0.39, 0.29) is 0 Å². The number of methoxy groups -OCH3 is 1. The highest BCUT2D eigenvalue weighted by molar-refractivity contribution is 7.14. The van der Waals surface area contributed by atoms with Gasteiger partial charge in [0.15, 0.2) is 0 Å². The molecule has 0 fully saturated rings. The molecule has 1 heterocycles. The first kappa shape index (κ1) is 8.05. The average molecular weight is 177 g/mol. The van der Waals surface area contributed by atoms with E-state index in [9.17, 15) is 0 Å². The topological polar surface area (TPSA) is 9.23 Å². The third-order valence-corrected chi connectivity index (χ3v) is 2.36. The third kappa shape index (κ3) is 2.29. The summed E-state index contributed by atoms with van der Waals surface area (Å²) in [7, 11) is 1.70. The summed E-state index contributed by atoms with van der Waals surface area (Å²) in [6, 6.07) is 1.98. The first-order chi connectivity index (χ1) is 4.83. The lowest BCUT2D eigenvalue weighted by Crippen LogP contribution is -1.91. The van der Waals surface area contributed by atoms with Gasteiger partial charge in [-0.25, -0.2) is 0 Å². The second kappa shape index (κ2) is 3.96. The Kier molecular flexibility index (Phi) is 3.19. The van der Waals surface area contributed by atoms with E-state index in [0.717, 1.165) is 17.4 Å². The van der Waals surface area contributed by atoms with Gasteiger partial charge in [-0.1, -0.05) is 11.6 Å². The monoisotopic (exact) mass is 176 g/mol. The molecule has 1 nitrogen and oxygen atoms in total. The highest BCUT2D eigenvalue weighted by Gasteiger charge is 1.95. The lowest BCUT2D eigenvalue weighted by atomic mass is 10.3. The zero-order chi connectivity index (χ0) is 7.40. The standard InChI is InChI=1S/C7H9ClOS/c1-9-3-2-6-4-7(8)10-5-6/h4-5H,2-3H2,1H3. The minimum Gasteiger partial charge on any atom is -0.384 e. The normalized spacial score (nSPS) is 10.2. The highest BCUT2D eigenvalue weighted by Crippen LogP contribution is 2.19. The smallest absolute Gasteiger partial charge is 0.0931 e. The molecule has 0 aliphatic heterocycles. The molecule has 0 aromatic carbocycles. The van der Waals surface area contributed by atoms with E-state index in [0.29, 0.717) is 0 Å². The van der Waals surface area contributed by atoms with Crippen LogP contribution in [0, 0.1) is 0 Å². The van der Waals surface area contributed by atoms with Crippen molar-refractivity contribution in [2.75, 3.05) is 13.7 Å². The largest absolute Gasteiger partial charge is 0.384 e. The van der Waals surface area contributed by atoms with E-state index in [2.05, 4.69) is 5.38 Å². The summed E-state index contributed by atoms with van der Waals surface area (Å²) in [5.74, 6) is 0. The summed E-state index contributed by atoms with van der Waals surface area (Å²) in [4.78, 5) is 0. The van der Waals surface area contributed by atoms with E-state index in [1.807, 2.05) is 6.07 Å². The maximum absolute atomic E-state index is 5.72. The Bertz CT molecular complexity index is 197. The molecule has 0 amide bonds. The molecule has 0 atom stereocenters. The maximum atomic E-state index is 5.72. The molecular weight excluding hydrogens is 168 g/mol. The first-order valence-electron chi connectivity index (χ1n) is 3.05. The van der Waals surface area contributed by atoms with Gasteiger partial charge in [-0.3, -0.25) is 0 Å². The van der Waals surface area contributed by atoms with Gasteiger partial charge in [0.1, 0.15) is 0 Å². The fourth-order valence-corrected chi connectivity index (χ4v) is 1.64. The summed E-state index contributed by atoms with van der Waals surface area (Å²) >= 11 is 7.28. The third-order valence-electron chi connectivity index (χ3n) is 1.22. The molecule has 0 bridgehead atoms. The summed E-state index contributed by atoms with van der Waals surface area (Å²) in [5.41, 5.74) is 1.26. The molecule has 1 rings (SSSR count). The number of hydrogen-bond donors (Lipinski definition) is 0. The minimum absolute atomic E-state index is 0.771. The van der Waals surface area contributed by atoms with E-state index in [1.165, 1.54) is 5.56 Å². The number of ether oxygens (including phenoxy) is 1. The van der Waals surface area contributed by atoms with Gasteiger partial charge < -0.3 is 4.74 Å². The van der Waals surface area contributed by atoms with E-state index in [1.54, 1.807) is 18.4 Å². The molecule has 0 saturated heterocycles. The lowest BCUT2D eigenvalue weighted by molar-refractivity contribution is 0.202. The van der Waals surface area contributed by atoms with E-state index < -0.39 is 0 Å². The second-order valence-corrected chi connectivity index (χ2v) is 3.54. The van der Waals surface area contributed by atoms with Crippen LogP contribution in [-0.4, -0.2) is 13.7 Å². The maximum Gasteiger partial charge on any atom is 0.0931 e. The van der Waals surface area contributed by atoms with Crippen molar-refractivity contribution >= 4 is 22.9 Å². The van der Waals surface area contributed by atoms with Crippen LogP contribution in [0.4, 0.5) is 0 Å². The SMILES string of the molecule is COCCc1csc(Cl)c1. The van der Waals surface area contributed by atoms with Gasteiger partial charge in [0, 0.05) is 7.11 Å². The fraction of sp³-hybridized carbons (Fsp3) is 0.429. The molecule has 1 aromatic rings. The molecule has 0 N–H and O–H groups in total. The number of halogens is 1. The van der Waals surface area contributed by atoms with Crippen molar-refractivity contribution in [3.63, 3.8) is 0 Å². The van der Waals surface area contributed by atoms with Crippen LogP contribution in [0.2, 0.25) is 4.34 Å². The molecule has 56 valence electrons. The first-order valence-corrected chi connectivity index (χ1v) is 4.30. The second-order valence-electron chi connectivity index (χ2n) is 2.00. The van der Waals surface area contributed by atoms with E-state index >= 15 is 0 Å². The molecule has 1 aromatic heterocycles. The van der Waals surface area contributed by atoms with Gasteiger partial charge in [-0.2, -0.15) is 0 Å². The Hall–Kier alpha value is -0.0500. The van der Waals surface area contributed by atoms with E-state index in [4.69, 9.17) is 16.3 Å². The van der Waals surface area contributed by atoms with Crippen molar-refractivity contribution in [1.29, 1.82) is 0 Å². The molecule has 3 heteroatoms. The predicted octanol–water partition coefficient (Wildman–Crippen LogP) is 2.59. The van der Waals surface area contributed by atoms with Crippen LogP contribution in [-0.2, 0) is 11.2 Å². The van der Waals surface area contributed by atoms with Crippen molar-refractivity contribution in [2.45, 2.75) is 6.42 Å². The summed E-state index contributed by atoms with van der Waals surface area (Å²) in [5, 5.41) is 2.06. The van der Waals surface area contributed by atoms with Crippen LogP contribution in [0.15, 0.2) is 11.4 Å². The molecule has 10 heavy (non-hydrogen) atoms. The minimum atomic E-state index is 0.771. The van der Waals surface area contributed by atoms with Gasteiger partial charge in [-0.15, -0.1) is 11.3 Å². The fourth-order valence-electron chi connectivity index (χ4n) is 0.697. The van der Waals surface area contributed by atoms with Crippen LogP contribution < -0.4 is 0 Å². The Balaban J connectivity index is 2.42. The highest BCUT2D eigenvalue weighted by atomic mass is 35.5. The molecule has 0 aliphatic rings. The Morgan fingerprint density at radius 2 is 2.50 bits per heavy atom. The van der Waals surface area contributed by atoms with Crippen molar-refractivity contribution in [1.82, 2.24) is 0 Å². The van der Waals surface area contributed by atoms with Crippen LogP contribution in [0.1, 0.15) is 5.56 Å². The van der Waals surface area contributed by atoms with Crippen LogP contribution in [0.5, 0.6) is 0 Å².